The predicted molar refractivity (Wildman–Crippen MR) is 69.3 cm³/mol. The molecule has 0 aliphatic carbocycles. The van der Waals surface area contributed by atoms with Gasteiger partial charge in [0.2, 0.25) is 0 Å². The molecule has 0 bridgehead atoms. The summed E-state index contributed by atoms with van der Waals surface area (Å²) < 4.78 is 13.1. The molecular formula is C11H16BrNOS. The van der Waals surface area contributed by atoms with Crippen LogP contribution < -0.4 is 5.73 Å². The largest absolute Gasteiger partial charge is 0.398 e. The van der Waals surface area contributed by atoms with Crippen LogP contribution in [0.5, 0.6) is 0 Å². The molecule has 0 saturated carbocycles. The van der Waals surface area contributed by atoms with Gasteiger partial charge in [0.05, 0.1) is 15.7 Å². The van der Waals surface area contributed by atoms with Crippen molar-refractivity contribution < 1.29 is 4.21 Å². The Balaban J connectivity index is 3.04. The molecule has 0 aliphatic heterocycles. The molecule has 1 atom stereocenters. The van der Waals surface area contributed by atoms with Gasteiger partial charge < -0.3 is 5.73 Å². The summed E-state index contributed by atoms with van der Waals surface area (Å²) in [6, 6.07) is 5.51. The van der Waals surface area contributed by atoms with Crippen LogP contribution in [0.15, 0.2) is 27.6 Å². The number of rotatable bonds is 4. The highest BCUT2D eigenvalue weighted by atomic mass is 79.9. The third-order valence-electron chi connectivity index (χ3n) is 2.41. The van der Waals surface area contributed by atoms with Gasteiger partial charge in [0.15, 0.2) is 0 Å². The van der Waals surface area contributed by atoms with Crippen molar-refractivity contribution >= 4 is 32.4 Å². The lowest BCUT2D eigenvalue weighted by Gasteiger charge is -2.13. The van der Waals surface area contributed by atoms with Gasteiger partial charge in [-0.1, -0.05) is 29.8 Å². The SMILES string of the molecule is CCC(CC)S(=O)c1cc(Br)ccc1N. The molecule has 1 rings (SSSR count). The average molecular weight is 290 g/mol. The van der Waals surface area contributed by atoms with Crippen LogP contribution in [-0.4, -0.2) is 9.46 Å². The van der Waals surface area contributed by atoms with E-state index in [0.29, 0.717) is 5.69 Å². The van der Waals surface area contributed by atoms with Gasteiger partial charge in [-0.15, -0.1) is 0 Å². The number of nitrogen functional groups attached to an aromatic ring is 1. The van der Waals surface area contributed by atoms with E-state index in [1.54, 1.807) is 6.07 Å². The maximum absolute atomic E-state index is 12.2. The second kappa shape index (κ2) is 5.66. The standard InChI is InChI=1S/C11H16BrNOS/c1-3-9(4-2)15(14)11-7-8(12)5-6-10(11)13/h5-7,9H,3-4,13H2,1-2H3. The Hall–Kier alpha value is -0.350. The monoisotopic (exact) mass is 289 g/mol. The van der Waals surface area contributed by atoms with E-state index >= 15 is 0 Å². The zero-order valence-electron chi connectivity index (χ0n) is 9.00. The highest BCUT2D eigenvalue weighted by molar-refractivity contribution is 9.10. The molecule has 1 unspecified atom stereocenters. The molecule has 0 saturated heterocycles. The second-order valence-electron chi connectivity index (χ2n) is 3.42. The molecule has 0 aromatic heterocycles. The lowest BCUT2D eigenvalue weighted by Crippen LogP contribution is -2.14. The number of benzene rings is 1. The molecule has 0 heterocycles. The lowest BCUT2D eigenvalue weighted by atomic mass is 10.3. The van der Waals surface area contributed by atoms with E-state index in [0.717, 1.165) is 22.2 Å². The molecule has 1 aromatic carbocycles. The van der Waals surface area contributed by atoms with Gasteiger partial charge in [0, 0.05) is 15.4 Å². The number of nitrogens with two attached hydrogens (primary N) is 1. The number of anilines is 1. The number of hydrogen-bond donors (Lipinski definition) is 1. The van der Waals surface area contributed by atoms with Crippen LogP contribution in [0.2, 0.25) is 0 Å². The first kappa shape index (κ1) is 12.7. The second-order valence-corrected chi connectivity index (χ2v) is 6.04. The van der Waals surface area contributed by atoms with E-state index in [9.17, 15) is 4.21 Å². The highest BCUT2D eigenvalue weighted by Gasteiger charge is 2.16. The van der Waals surface area contributed by atoms with Crippen molar-refractivity contribution in [3.8, 4) is 0 Å². The Labute approximate surface area is 102 Å². The van der Waals surface area contributed by atoms with Crippen LogP contribution in [0.25, 0.3) is 0 Å². The summed E-state index contributed by atoms with van der Waals surface area (Å²) >= 11 is 3.37. The molecule has 15 heavy (non-hydrogen) atoms. The fraction of sp³-hybridized carbons (Fsp3) is 0.455. The number of halogens is 1. The third-order valence-corrected chi connectivity index (χ3v) is 4.96. The molecule has 1 aromatic rings. The van der Waals surface area contributed by atoms with Crippen molar-refractivity contribution in [2.45, 2.75) is 36.8 Å². The van der Waals surface area contributed by atoms with Crippen molar-refractivity contribution in [1.82, 2.24) is 0 Å². The average Bonchev–Trinajstić information content (AvgIpc) is 2.23. The smallest absolute Gasteiger partial charge is 0.0631 e. The van der Waals surface area contributed by atoms with Crippen molar-refractivity contribution in [3.05, 3.63) is 22.7 Å². The molecule has 2 nitrogen and oxygen atoms in total. The Morgan fingerprint density at radius 1 is 1.40 bits per heavy atom. The van der Waals surface area contributed by atoms with Gasteiger partial charge in [-0.3, -0.25) is 4.21 Å². The van der Waals surface area contributed by atoms with Crippen LogP contribution in [0.1, 0.15) is 26.7 Å². The van der Waals surface area contributed by atoms with Gasteiger partial charge in [0.25, 0.3) is 0 Å². The van der Waals surface area contributed by atoms with Crippen molar-refractivity contribution in [3.63, 3.8) is 0 Å². The van der Waals surface area contributed by atoms with Gasteiger partial charge in [-0.25, -0.2) is 0 Å². The van der Waals surface area contributed by atoms with Crippen molar-refractivity contribution in [2.24, 2.45) is 0 Å². The van der Waals surface area contributed by atoms with E-state index in [1.807, 2.05) is 12.1 Å². The van der Waals surface area contributed by atoms with E-state index in [-0.39, 0.29) is 5.25 Å². The maximum atomic E-state index is 12.2. The van der Waals surface area contributed by atoms with Gasteiger partial charge >= 0.3 is 0 Å². The summed E-state index contributed by atoms with van der Waals surface area (Å²) in [5, 5.41) is 0.196. The van der Waals surface area contributed by atoms with Gasteiger partial charge in [-0.05, 0) is 31.0 Å². The topological polar surface area (TPSA) is 43.1 Å². The Morgan fingerprint density at radius 2 is 2.00 bits per heavy atom. The first-order valence-electron chi connectivity index (χ1n) is 5.05. The summed E-state index contributed by atoms with van der Waals surface area (Å²) in [7, 11) is -0.998. The third kappa shape index (κ3) is 3.05. The molecule has 0 spiro atoms. The summed E-state index contributed by atoms with van der Waals surface area (Å²) in [6.45, 7) is 4.11. The Bertz CT molecular complexity index is 364. The molecule has 84 valence electrons. The molecule has 0 amide bonds. The summed E-state index contributed by atoms with van der Waals surface area (Å²) in [4.78, 5) is 0.748. The van der Waals surface area contributed by atoms with E-state index < -0.39 is 10.8 Å². The Morgan fingerprint density at radius 3 is 2.53 bits per heavy atom. The van der Waals surface area contributed by atoms with Crippen LogP contribution in [-0.2, 0) is 10.8 Å². The minimum Gasteiger partial charge on any atom is -0.398 e. The molecule has 0 radical (unpaired) electrons. The van der Waals surface area contributed by atoms with E-state index in [4.69, 9.17) is 5.73 Å². The summed E-state index contributed by atoms with van der Waals surface area (Å²) in [5.41, 5.74) is 6.44. The van der Waals surface area contributed by atoms with Crippen molar-refractivity contribution in [2.75, 3.05) is 5.73 Å². The van der Waals surface area contributed by atoms with Crippen LogP contribution >= 0.6 is 15.9 Å². The molecule has 2 N–H and O–H groups in total. The zero-order valence-corrected chi connectivity index (χ0v) is 11.4. The Kier molecular flexibility index (Phi) is 4.80. The lowest BCUT2D eigenvalue weighted by molar-refractivity contribution is 0.658. The zero-order chi connectivity index (χ0) is 11.4. The highest BCUT2D eigenvalue weighted by Crippen LogP contribution is 2.25. The van der Waals surface area contributed by atoms with Crippen LogP contribution in [0.4, 0.5) is 5.69 Å². The number of hydrogen-bond acceptors (Lipinski definition) is 2. The fourth-order valence-corrected chi connectivity index (χ4v) is 3.47. The maximum Gasteiger partial charge on any atom is 0.0631 e. The van der Waals surface area contributed by atoms with Crippen molar-refractivity contribution in [1.29, 1.82) is 0 Å². The quantitative estimate of drug-likeness (QED) is 0.864. The van der Waals surface area contributed by atoms with Crippen LogP contribution in [0.3, 0.4) is 0 Å². The minimum atomic E-state index is -0.998. The molecular weight excluding hydrogens is 274 g/mol. The molecule has 4 heteroatoms. The van der Waals surface area contributed by atoms with E-state index in [1.165, 1.54) is 0 Å². The fourth-order valence-electron chi connectivity index (χ4n) is 1.45. The molecule has 0 fully saturated rings. The minimum absolute atomic E-state index is 0.196. The van der Waals surface area contributed by atoms with E-state index in [2.05, 4.69) is 29.8 Å². The first-order chi connectivity index (χ1) is 7.10. The van der Waals surface area contributed by atoms with Crippen LogP contribution in [0, 0.1) is 0 Å². The predicted octanol–water partition coefficient (Wildman–Crippen LogP) is 3.33. The molecule has 0 aliphatic rings. The normalized spacial score (nSPS) is 13.1. The van der Waals surface area contributed by atoms with Gasteiger partial charge in [-0.2, -0.15) is 0 Å². The summed E-state index contributed by atoms with van der Waals surface area (Å²) in [5.74, 6) is 0. The summed E-state index contributed by atoms with van der Waals surface area (Å²) in [6.07, 6.45) is 1.82. The van der Waals surface area contributed by atoms with Gasteiger partial charge in [0.1, 0.15) is 0 Å². The first-order valence-corrected chi connectivity index (χ1v) is 7.06.